The van der Waals surface area contributed by atoms with Crippen molar-refractivity contribution >= 4 is 33.0 Å². The van der Waals surface area contributed by atoms with E-state index >= 15 is 0 Å². The van der Waals surface area contributed by atoms with Crippen LogP contribution in [0.1, 0.15) is 15.9 Å². The number of aromatic nitrogens is 2. The third-order valence-corrected chi connectivity index (χ3v) is 6.34. The number of carbonyl (C=O) groups excluding carboxylic acids is 1. The SMILES string of the molecule is Cc1ccc(S(=O)(=O)Nc2ccc(C(=O)Nc3cccc(-n4cccn4)c3)cc2)cc1[N+](=O)[O-]. The number of aryl methyl sites for hydroxylation is 1. The van der Waals surface area contributed by atoms with Gasteiger partial charge >= 0.3 is 0 Å². The number of rotatable bonds is 7. The molecule has 0 unspecified atom stereocenters. The zero-order valence-corrected chi connectivity index (χ0v) is 18.7. The Balaban J connectivity index is 1.47. The molecule has 0 aliphatic carbocycles. The molecule has 0 radical (unpaired) electrons. The molecule has 0 spiro atoms. The number of amides is 1. The first-order valence-electron chi connectivity index (χ1n) is 10.0. The minimum absolute atomic E-state index is 0.209. The molecule has 0 aliphatic heterocycles. The van der Waals surface area contributed by atoms with E-state index in [0.29, 0.717) is 16.8 Å². The van der Waals surface area contributed by atoms with Crippen molar-refractivity contribution in [3.63, 3.8) is 0 Å². The molecule has 4 rings (SSSR count). The van der Waals surface area contributed by atoms with Gasteiger partial charge in [-0.05, 0) is 61.5 Å². The van der Waals surface area contributed by atoms with Crippen LogP contribution >= 0.6 is 0 Å². The summed E-state index contributed by atoms with van der Waals surface area (Å²) in [7, 11) is -4.06. The molecular formula is C23H19N5O5S. The maximum absolute atomic E-state index is 12.7. The van der Waals surface area contributed by atoms with Gasteiger partial charge in [-0.15, -0.1) is 0 Å². The summed E-state index contributed by atoms with van der Waals surface area (Å²) in [4.78, 5) is 22.9. The Bertz CT molecular complexity index is 1470. The summed E-state index contributed by atoms with van der Waals surface area (Å²) < 4.78 is 29.3. The summed E-state index contributed by atoms with van der Waals surface area (Å²) in [6.45, 7) is 1.53. The fraction of sp³-hybridized carbons (Fsp3) is 0.0435. The number of nitro benzene ring substituents is 1. The number of hydrogen-bond donors (Lipinski definition) is 2. The zero-order valence-electron chi connectivity index (χ0n) is 17.9. The van der Waals surface area contributed by atoms with Crippen molar-refractivity contribution in [1.82, 2.24) is 9.78 Å². The Hall–Kier alpha value is -4.51. The van der Waals surface area contributed by atoms with Gasteiger partial charge in [-0.25, -0.2) is 13.1 Å². The summed E-state index contributed by atoms with van der Waals surface area (Å²) in [6, 6.07) is 18.5. The maximum Gasteiger partial charge on any atom is 0.273 e. The van der Waals surface area contributed by atoms with Crippen LogP contribution in [0, 0.1) is 17.0 Å². The van der Waals surface area contributed by atoms with E-state index in [1.807, 2.05) is 6.07 Å². The highest BCUT2D eigenvalue weighted by atomic mass is 32.2. The molecule has 0 fully saturated rings. The van der Waals surface area contributed by atoms with Crippen LogP contribution in [-0.2, 0) is 10.0 Å². The fourth-order valence-electron chi connectivity index (χ4n) is 3.21. The van der Waals surface area contributed by atoms with Gasteiger partial charge in [0, 0.05) is 41.0 Å². The van der Waals surface area contributed by atoms with Gasteiger partial charge in [0.15, 0.2) is 0 Å². The van der Waals surface area contributed by atoms with E-state index in [-0.39, 0.29) is 22.2 Å². The molecule has 34 heavy (non-hydrogen) atoms. The van der Waals surface area contributed by atoms with Crippen LogP contribution in [0.2, 0.25) is 0 Å². The van der Waals surface area contributed by atoms with Crippen LogP contribution < -0.4 is 10.0 Å². The van der Waals surface area contributed by atoms with Gasteiger partial charge < -0.3 is 5.32 Å². The second-order valence-electron chi connectivity index (χ2n) is 7.34. The third-order valence-electron chi connectivity index (χ3n) is 4.96. The molecule has 0 aliphatic rings. The van der Waals surface area contributed by atoms with Crippen LogP contribution in [0.15, 0.2) is 90.1 Å². The van der Waals surface area contributed by atoms with E-state index in [9.17, 15) is 23.3 Å². The Morgan fingerprint density at radius 3 is 2.44 bits per heavy atom. The Morgan fingerprint density at radius 1 is 1.00 bits per heavy atom. The molecule has 1 heterocycles. The number of carbonyl (C=O) groups is 1. The highest BCUT2D eigenvalue weighted by molar-refractivity contribution is 7.92. The predicted octanol–water partition coefficient (Wildman–Crippen LogP) is 4.14. The van der Waals surface area contributed by atoms with Crippen molar-refractivity contribution < 1.29 is 18.1 Å². The van der Waals surface area contributed by atoms with E-state index in [1.165, 1.54) is 43.3 Å². The first kappa shape index (κ1) is 22.7. The lowest BCUT2D eigenvalue weighted by atomic mass is 10.2. The summed E-state index contributed by atoms with van der Waals surface area (Å²) >= 11 is 0. The second kappa shape index (κ2) is 9.16. The first-order valence-corrected chi connectivity index (χ1v) is 11.5. The standard InChI is InChI=1S/C23H19N5O5S/c1-16-6-11-21(15-22(16)28(30)31)34(32,33)26-18-9-7-17(8-10-18)23(29)25-19-4-2-5-20(14-19)27-13-3-12-24-27/h2-15,26H,1H3,(H,25,29). The zero-order chi connectivity index (χ0) is 24.3. The molecule has 0 atom stereocenters. The average molecular weight is 478 g/mol. The lowest BCUT2D eigenvalue weighted by molar-refractivity contribution is -0.385. The molecule has 0 saturated carbocycles. The molecule has 172 valence electrons. The highest BCUT2D eigenvalue weighted by Gasteiger charge is 2.20. The smallest absolute Gasteiger partial charge is 0.273 e. The third kappa shape index (κ3) is 4.94. The van der Waals surface area contributed by atoms with Crippen molar-refractivity contribution in [2.75, 3.05) is 10.0 Å². The summed E-state index contributed by atoms with van der Waals surface area (Å²) in [5, 5.41) is 18.1. The van der Waals surface area contributed by atoms with Gasteiger partial charge in [0.2, 0.25) is 0 Å². The lowest BCUT2D eigenvalue weighted by Crippen LogP contribution is -2.14. The van der Waals surface area contributed by atoms with E-state index < -0.39 is 14.9 Å². The monoisotopic (exact) mass is 477 g/mol. The number of benzene rings is 3. The number of nitrogens with one attached hydrogen (secondary N) is 2. The quantitative estimate of drug-likeness (QED) is 0.303. The van der Waals surface area contributed by atoms with Gasteiger partial charge in [-0.1, -0.05) is 12.1 Å². The molecule has 0 saturated heterocycles. The van der Waals surface area contributed by atoms with E-state index in [0.717, 1.165) is 11.8 Å². The highest BCUT2D eigenvalue weighted by Crippen LogP contribution is 2.24. The van der Waals surface area contributed by atoms with Gasteiger partial charge in [-0.3, -0.25) is 19.6 Å². The van der Waals surface area contributed by atoms with E-state index in [4.69, 9.17) is 0 Å². The predicted molar refractivity (Wildman–Crippen MR) is 127 cm³/mol. The summed E-state index contributed by atoms with van der Waals surface area (Å²) in [5.74, 6) is -0.374. The summed E-state index contributed by atoms with van der Waals surface area (Å²) in [5.41, 5.74) is 1.95. The largest absolute Gasteiger partial charge is 0.322 e. The van der Waals surface area contributed by atoms with E-state index in [1.54, 1.807) is 41.3 Å². The fourth-order valence-corrected chi connectivity index (χ4v) is 4.29. The van der Waals surface area contributed by atoms with Crippen LogP contribution in [0.25, 0.3) is 5.69 Å². The average Bonchev–Trinajstić information content (AvgIpc) is 3.34. The Morgan fingerprint density at radius 2 is 1.76 bits per heavy atom. The molecule has 0 bridgehead atoms. The molecule has 3 aromatic carbocycles. The van der Waals surface area contributed by atoms with Crippen LogP contribution in [0.3, 0.4) is 0 Å². The van der Waals surface area contributed by atoms with Crippen molar-refractivity contribution in [1.29, 1.82) is 0 Å². The van der Waals surface area contributed by atoms with Gasteiger partial charge in [0.1, 0.15) is 0 Å². The molecule has 1 aromatic heterocycles. The number of hydrogen-bond acceptors (Lipinski definition) is 6. The van der Waals surface area contributed by atoms with Crippen LogP contribution in [0.4, 0.5) is 17.1 Å². The second-order valence-corrected chi connectivity index (χ2v) is 9.03. The van der Waals surface area contributed by atoms with Crippen molar-refractivity contribution in [3.8, 4) is 5.69 Å². The van der Waals surface area contributed by atoms with Gasteiger partial charge in [0.05, 0.1) is 15.5 Å². The molecular weight excluding hydrogens is 458 g/mol. The van der Waals surface area contributed by atoms with Crippen molar-refractivity contribution in [3.05, 3.63) is 106 Å². The van der Waals surface area contributed by atoms with Crippen molar-refractivity contribution in [2.24, 2.45) is 0 Å². The molecule has 11 heteroatoms. The normalized spacial score (nSPS) is 11.1. The number of sulfonamides is 1. The van der Waals surface area contributed by atoms with Gasteiger partial charge in [0.25, 0.3) is 21.6 Å². The van der Waals surface area contributed by atoms with Crippen molar-refractivity contribution in [2.45, 2.75) is 11.8 Å². The van der Waals surface area contributed by atoms with Gasteiger partial charge in [-0.2, -0.15) is 5.10 Å². The Labute approximate surface area is 195 Å². The minimum Gasteiger partial charge on any atom is -0.322 e. The maximum atomic E-state index is 12.7. The topological polar surface area (TPSA) is 136 Å². The minimum atomic E-state index is -4.06. The van der Waals surface area contributed by atoms with Crippen LogP contribution in [-0.4, -0.2) is 29.0 Å². The summed E-state index contributed by atoms with van der Waals surface area (Å²) in [6.07, 6.45) is 3.44. The number of anilines is 2. The number of nitrogens with zero attached hydrogens (tertiary/aromatic N) is 3. The lowest BCUT2D eigenvalue weighted by Gasteiger charge is -2.10. The first-order chi connectivity index (χ1) is 16.2. The molecule has 4 aromatic rings. The molecule has 10 nitrogen and oxygen atoms in total. The number of nitro groups is 1. The molecule has 2 N–H and O–H groups in total. The molecule has 1 amide bonds. The Kier molecular flexibility index (Phi) is 6.11. The van der Waals surface area contributed by atoms with E-state index in [2.05, 4.69) is 15.1 Å². The van der Waals surface area contributed by atoms with Crippen LogP contribution in [0.5, 0.6) is 0 Å².